The van der Waals surface area contributed by atoms with E-state index in [9.17, 15) is 0 Å². The van der Waals surface area contributed by atoms with Gasteiger partial charge >= 0.3 is 0 Å². The van der Waals surface area contributed by atoms with Crippen LogP contribution in [0.15, 0.2) is 0 Å². The van der Waals surface area contributed by atoms with Crippen LogP contribution in [-0.2, 0) is 4.74 Å². The first-order valence-corrected chi connectivity index (χ1v) is 19.3. The van der Waals surface area contributed by atoms with E-state index in [0.717, 1.165) is 53.3 Å². The van der Waals surface area contributed by atoms with Gasteiger partial charge in [0.25, 0.3) is 0 Å². The zero-order valence-electron chi connectivity index (χ0n) is 26.3. The Morgan fingerprint density at radius 3 is 1.46 bits per heavy atom. The van der Waals surface area contributed by atoms with E-state index in [0.29, 0.717) is 30.7 Å². The van der Waals surface area contributed by atoms with Crippen LogP contribution >= 0.6 is 0 Å². The standard InChI is InChI=1S/C37H63N3O/c1-4-13-24(14-5-1)30-23-32-33(28-20-11-10-19-27(28)30)34-29(21-12-22-31(34)41-32)37-39-35(25-15-6-2-7-16-25)38-36(40-37)26-17-8-3-9-18-26/h24-40H,1-23H2. The molecule has 10 atom stereocenters. The third-order valence-electron chi connectivity index (χ3n) is 14.6. The van der Waals surface area contributed by atoms with E-state index in [4.69, 9.17) is 4.74 Å². The van der Waals surface area contributed by atoms with E-state index in [1.165, 1.54) is 148 Å². The Kier molecular flexibility index (Phi) is 8.76. The lowest BCUT2D eigenvalue weighted by molar-refractivity contribution is -0.0668. The summed E-state index contributed by atoms with van der Waals surface area (Å²) in [5.74, 6) is 7.97. The van der Waals surface area contributed by atoms with E-state index in [1.807, 2.05) is 0 Å². The second kappa shape index (κ2) is 12.7. The molecule has 41 heavy (non-hydrogen) atoms. The van der Waals surface area contributed by atoms with Crippen molar-refractivity contribution in [1.29, 1.82) is 0 Å². The van der Waals surface area contributed by atoms with Crippen LogP contribution in [0.4, 0.5) is 0 Å². The van der Waals surface area contributed by atoms with Crippen LogP contribution < -0.4 is 16.0 Å². The molecule has 0 amide bonds. The molecule has 0 aromatic heterocycles. The van der Waals surface area contributed by atoms with Crippen molar-refractivity contribution in [3.63, 3.8) is 0 Å². The molecule has 0 aromatic carbocycles. The molecule has 2 aliphatic heterocycles. The molecule has 4 heteroatoms. The Bertz CT molecular complexity index is 821. The summed E-state index contributed by atoms with van der Waals surface area (Å²) in [5, 5.41) is 12.9. The van der Waals surface area contributed by atoms with Gasteiger partial charge < -0.3 is 4.74 Å². The minimum absolute atomic E-state index is 0.475. The lowest BCUT2D eigenvalue weighted by atomic mass is 9.52. The topological polar surface area (TPSA) is 45.3 Å². The number of rotatable bonds is 4. The van der Waals surface area contributed by atoms with Crippen molar-refractivity contribution in [3.05, 3.63) is 0 Å². The maximum absolute atomic E-state index is 7.28. The van der Waals surface area contributed by atoms with Crippen LogP contribution in [0.1, 0.15) is 148 Å². The number of nitrogens with one attached hydrogen (secondary N) is 3. The van der Waals surface area contributed by atoms with Gasteiger partial charge in [-0.1, -0.05) is 89.9 Å². The van der Waals surface area contributed by atoms with Crippen LogP contribution in [0.5, 0.6) is 0 Å². The normalized spacial score (nSPS) is 48.7. The molecule has 0 aromatic rings. The average Bonchev–Trinajstić information content (AvgIpc) is 3.44. The van der Waals surface area contributed by atoms with Gasteiger partial charge in [-0.2, -0.15) is 0 Å². The van der Waals surface area contributed by atoms with Gasteiger partial charge in [-0.05, 0) is 111 Å². The Morgan fingerprint density at radius 2 is 0.829 bits per heavy atom. The van der Waals surface area contributed by atoms with Crippen LogP contribution in [0.2, 0.25) is 0 Å². The first kappa shape index (κ1) is 28.3. The molecule has 8 rings (SSSR count). The van der Waals surface area contributed by atoms with E-state index in [2.05, 4.69) is 16.0 Å². The highest BCUT2D eigenvalue weighted by atomic mass is 16.5. The zero-order chi connectivity index (χ0) is 27.2. The molecule has 4 nitrogen and oxygen atoms in total. The van der Waals surface area contributed by atoms with Gasteiger partial charge in [0.05, 0.1) is 30.7 Å². The Morgan fingerprint density at radius 1 is 0.341 bits per heavy atom. The van der Waals surface area contributed by atoms with Crippen molar-refractivity contribution < 1.29 is 4.74 Å². The molecule has 2 saturated heterocycles. The maximum Gasteiger partial charge on any atom is 0.0628 e. The number of hydrogen-bond donors (Lipinski definition) is 3. The molecule has 6 saturated carbocycles. The lowest BCUT2D eigenvalue weighted by Crippen LogP contribution is -2.73. The Labute approximate surface area is 252 Å². The minimum atomic E-state index is 0.475. The van der Waals surface area contributed by atoms with Gasteiger partial charge in [0, 0.05) is 0 Å². The predicted molar refractivity (Wildman–Crippen MR) is 167 cm³/mol. The Balaban J connectivity index is 1.05. The van der Waals surface area contributed by atoms with Crippen molar-refractivity contribution in [2.75, 3.05) is 0 Å². The molecule has 8 fully saturated rings. The molecule has 6 aliphatic carbocycles. The van der Waals surface area contributed by atoms with Gasteiger partial charge in [0.2, 0.25) is 0 Å². The highest BCUT2D eigenvalue weighted by Crippen LogP contribution is 2.60. The quantitative estimate of drug-likeness (QED) is 0.322. The van der Waals surface area contributed by atoms with Crippen molar-refractivity contribution in [1.82, 2.24) is 16.0 Å². The summed E-state index contributed by atoms with van der Waals surface area (Å²) >= 11 is 0. The molecule has 0 bridgehead atoms. The summed E-state index contributed by atoms with van der Waals surface area (Å²) in [4.78, 5) is 0. The van der Waals surface area contributed by atoms with Gasteiger partial charge in [0.1, 0.15) is 0 Å². The van der Waals surface area contributed by atoms with E-state index >= 15 is 0 Å². The second-order valence-corrected chi connectivity index (χ2v) is 16.6. The fraction of sp³-hybridized carbons (Fsp3) is 1.00. The largest absolute Gasteiger partial charge is 0.374 e. The van der Waals surface area contributed by atoms with E-state index in [1.54, 1.807) is 0 Å². The van der Waals surface area contributed by atoms with E-state index < -0.39 is 0 Å². The summed E-state index contributed by atoms with van der Waals surface area (Å²) in [5.41, 5.74) is 0. The molecule has 2 heterocycles. The molecule has 232 valence electrons. The molecule has 10 unspecified atom stereocenters. The number of ether oxygens (including phenoxy) is 1. The van der Waals surface area contributed by atoms with Gasteiger partial charge in [0.15, 0.2) is 0 Å². The first-order valence-electron chi connectivity index (χ1n) is 19.3. The number of fused-ring (bicyclic) bond motifs is 5. The van der Waals surface area contributed by atoms with Crippen LogP contribution in [0, 0.1) is 53.3 Å². The third-order valence-corrected chi connectivity index (χ3v) is 14.6. The smallest absolute Gasteiger partial charge is 0.0628 e. The number of hydrogen-bond acceptors (Lipinski definition) is 4. The van der Waals surface area contributed by atoms with Crippen molar-refractivity contribution in [2.24, 2.45) is 53.3 Å². The summed E-state index contributed by atoms with van der Waals surface area (Å²) in [6.07, 6.45) is 36.1. The first-order chi connectivity index (χ1) is 20.3. The summed E-state index contributed by atoms with van der Waals surface area (Å²) in [6.45, 7) is 0. The monoisotopic (exact) mass is 565 g/mol. The second-order valence-electron chi connectivity index (χ2n) is 16.6. The fourth-order valence-electron chi connectivity index (χ4n) is 12.8. The molecular weight excluding hydrogens is 502 g/mol. The zero-order valence-corrected chi connectivity index (χ0v) is 26.3. The minimum Gasteiger partial charge on any atom is -0.374 e. The highest BCUT2D eigenvalue weighted by molar-refractivity contribution is 5.08. The van der Waals surface area contributed by atoms with Crippen molar-refractivity contribution in [3.8, 4) is 0 Å². The third kappa shape index (κ3) is 5.61. The van der Waals surface area contributed by atoms with Crippen LogP contribution in [0.3, 0.4) is 0 Å². The van der Waals surface area contributed by atoms with Gasteiger partial charge in [-0.3, -0.25) is 16.0 Å². The predicted octanol–water partition coefficient (Wildman–Crippen LogP) is 8.11. The van der Waals surface area contributed by atoms with Crippen molar-refractivity contribution >= 4 is 0 Å². The van der Waals surface area contributed by atoms with E-state index in [-0.39, 0.29) is 0 Å². The summed E-state index contributed by atoms with van der Waals surface area (Å²) in [6, 6.07) is 0. The van der Waals surface area contributed by atoms with Crippen LogP contribution in [-0.4, -0.2) is 30.7 Å². The molecule has 3 N–H and O–H groups in total. The maximum atomic E-state index is 7.28. The molecule has 0 radical (unpaired) electrons. The average molecular weight is 566 g/mol. The van der Waals surface area contributed by atoms with Crippen LogP contribution in [0.25, 0.3) is 0 Å². The SMILES string of the molecule is C1CCC(C2NC(C3CCCCC3)NC(C3CCCC4OC5CC(C6CCCCC6)C6CCCCC6C5C43)N2)CC1. The Hall–Kier alpha value is -0.160. The fourth-order valence-corrected chi connectivity index (χ4v) is 12.8. The molecular formula is C37H63N3O. The molecule has 8 aliphatic rings. The lowest BCUT2D eigenvalue weighted by Gasteiger charge is -2.54. The van der Waals surface area contributed by atoms with Gasteiger partial charge in [-0.25, -0.2) is 0 Å². The summed E-state index contributed by atoms with van der Waals surface area (Å²) < 4.78 is 7.28. The van der Waals surface area contributed by atoms with Gasteiger partial charge in [-0.15, -0.1) is 0 Å². The highest BCUT2D eigenvalue weighted by Gasteiger charge is 2.59. The summed E-state index contributed by atoms with van der Waals surface area (Å²) in [7, 11) is 0. The van der Waals surface area contributed by atoms with Crippen molar-refractivity contribution in [2.45, 2.75) is 178 Å². The molecule has 0 spiro atoms.